The third-order valence-corrected chi connectivity index (χ3v) is 4.18. The highest BCUT2D eigenvalue weighted by molar-refractivity contribution is 5.95. The molecule has 2 heterocycles. The van der Waals surface area contributed by atoms with E-state index in [1.165, 1.54) is 0 Å². The number of carbonyl (C=O) groups is 1. The van der Waals surface area contributed by atoms with Crippen LogP contribution in [0.1, 0.15) is 22.3 Å². The Hall–Kier alpha value is -2.63. The maximum absolute atomic E-state index is 12.6. The van der Waals surface area contributed by atoms with E-state index in [0.717, 1.165) is 23.4 Å². The molecule has 0 radical (unpaired) electrons. The average Bonchev–Trinajstić information content (AvgIpc) is 3.04. The van der Waals surface area contributed by atoms with Gasteiger partial charge in [0.15, 0.2) is 5.82 Å². The fourth-order valence-corrected chi connectivity index (χ4v) is 2.78. The highest BCUT2D eigenvalue weighted by Crippen LogP contribution is 2.20. The van der Waals surface area contributed by atoms with Crippen LogP contribution in [-0.4, -0.2) is 54.3 Å². The molecule has 0 saturated carbocycles. The zero-order chi connectivity index (χ0) is 17.1. The molecule has 2 aromatic rings. The van der Waals surface area contributed by atoms with Crippen molar-refractivity contribution in [1.82, 2.24) is 15.1 Å². The number of rotatable bonds is 4. The van der Waals surface area contributed by atoms with E-state index in [0.29, 0.717) is 19.0 Å². The van der Waals surface area contributed by atoms with Crippen LogP contribution < -0.4 is 9.64 Å². The molecule has 6 heteroatoms. The lowest BCUT2D eigenvalue weighted by Crippen LogP contribution is -2.31. The number of aromatic nitrogens is 2. The molecule has 1 saturated heterocycles. The average molecular weight is 326 g/mol. The van der Waals surface area contributed by atoms with Gasteiger partial charge in [-0.05, 0) is 24.6 Å². The van der Waals surface area contributed by atoms with Crippen LogP contribution >= 0.6 is 0 Å². The molecular formula is C18H22N4O2. The number of benzene rings is 1. The molecular weight excluding hydrogens is 304 g/mol. The minimum atomic E-state index is -0.0440. The highest BCUT2D eigenvalue weighted by atomic mass is 16.5. The summed E-state index contributed by atoms with van der Waals surface area (Å²) < 4.78 is 5.87. The van der Waals surface area contributed by atoms with E-state index >= 15 is 0 Å². The SMILES string of the molecule is Cc1ccccc1C(=O)N1CCC(Oc2ccc(N(C)C)nn2)C1. The number of nitrogens with zero attached hydrogens (tertiary/aromatic N) is 4. The molecule has 3 rings (SSSR count). The van der Waals surface area contributed by atoms with Gasteiger partial charge in [0.1, 0.15) is 6.10 Å². The Kier molecular flexibility index (Phi) is 4.64. The van der Waals surface area contributed by atoms with E-state index in [4.69, 9.17) is 4.74 Å². The lowest BCUT2D eigenvalue weighted by molar-refractivity contribution is 0.0770. The van der Waals surface area contributed by atoms with Crippen LogP contribution in [0.2, 0.25) is 0 Å². The van der Waals surface area contributed by atoms with E-state index < -0.39 is 0 Å². The number of anilines is 1. The maximum Gasteiger partial charge on any atom is 0.254 e. The van der Waals surface area contributed by atoms with Gasteiger partial charge in [0.05, 0.1) is 6.54 Å². The second-order valence-electron chi connectivity index (χ2n) is 6.22. The van der Waals surface area contributed by atoms with Gasteiger partial charge < -0.3 is 14.5 Å². The van der Waals surface area contributed by atoms with Gasteiger partial charge in [-0.25, -0.2) is 0 Å². The first-order valence-corrected chi connectivity index (χ1v) is 8.07. The Balaban J connectivity index is 1.61. The molecule has 6 nitrogen and oxygen atoms in total. The van der Waals surface area contributed by atoms with Gasteiger partial charge in [-0.3, -0.25) is 4.79 Å². The minimum absolute atomic E-state index is 0.0440. The van der Waals surface area contributed by atoms with E-state index in [9.17, 15) is 4.79 Å². The number of carbonyl (C=O) groups excluding carboxylic acids is 1. The first-order valence-electron chi connectivity index (χ1n) is 8.07. The summed E-state index contributed by atoms with van der Waals surface area (Å²) in [5.74, 6) is 1.34. The van der Waals surface area contributed by atoms with Crippen LogP contribution in [0.4, 0.5) is 5.82 Å². The van der Waals surface area contributed by atoms with Gasteiger partial charge in [-0.1, -0.05) is 18.2 Å². The van der Waals surface area contributed by atoms with Crippen molar-refractivity contribution in [2.45, 2.75) is 19.4 Å². The minimum Gasteiger partial charge on any atom is -0.471 e. The predicted molar refractivity (Wildman–Crippen MR) is 92.5 cm³/mol. The molecule has 24 heavy (non-hydrogen) atoms. The largest absolute Gasteiger partial charge is 0.471 e. The number of hydrogen-bond donors (Lipinski definition) is 0. The molecule has 0 bridgehead atoms. The number of aryl methyl sites for hydroxylation is 1. The normalized spacial score (nSPS) is 17.0. The summed E-state index contributed by atoms with van der Waals surface area (Å²) in [7, 11) is 3.83. The van der Waals surface area contributed by atoms with Crippen LogP contribution in [0, 0.1) is 6.92 Å². The number of likely N-dealkylation sites (tertiary alicyclic amines) is 1. The molecule has 1 atom stereocenters. The van der Waals surface area contributed by atoms with E-state index in [-0.39, 0.29) is 12.0 Å². The standard InChI is InChI=1S/C18H22N4O2/c1-13-6-4-5-7-15(13)18(23)22-11-10-14(12-22)24-17-9-8-16(19-20-17)21(2)3/h4-9,14H,10-12H2,1-3H3. The van der Waals surface area contributed by atoms with Crippen molar-refractivity contribution in [3.05, 3.63) is 47.5 Å². The summed E-state index contributed by atoms with van der Waals surface area (Å²) in [6, 6.07) is 11.3. The Labute approximate surface area is 142 Å². The summed E-state index contributed by atoms with van der Waals surface area (Å²) in [4.78, 5) is 16.3. The molecule has 0 aliphatic carbocycles. The Morgan fingerprint density at radius 2 is 2.00 bits per heavy atom. The molecule has 1 aromatic heterocycles. The molecule has 1 aliphatic rings. The molecule has 0 N–H and O–H groups in total. The summed E-state index contributed by atoms with van der Waals surface area (Å²) in [5, 5.41) is 8.19. The summed E-state index contributed by atoms with van der Waals surface area (Å²) in [6.07, 6.45) is 0.756. The number of hydrogen-bond acceptors (Lipinski definition) is 5. The second-order valence-corrected chi connectivity index (χ2v) is 6.22. The van der Waals surface area contributed by atoms with Gasteiger partial charge in [0, 0.05) is 38.7 Å². The maximum atomic E-state index is 12.6. The third kappa shape index (κ3) is 3.48. The monoisotopic (exact) mass is 326 g/mol. The van der Waals surface area contributed by atoms with Crippen LogP contribution in [0.15, 0.2) is 36.4 Å². The van der Waals surface area contributed by atoms with Crippen molar-refractivity contribution in [3.63, 3.8) is 0 Å². The van der Waals surface area contributed by atoms with E-state index in [2.05, 4.69) is 10.2 Å². The van der Waals surface area contributed by atoms with Crippen LogP contribution in [0.25, 0.3) is 0 Å². The lowest BCUT2D eigenvalue weighted by atomic mass is 10.1. The second kappa shape index (κ2) is 6.86. The van der Waals surface area contributed by atoms with E-state index in [1.807, 2.05) is 67.2 Å². The molecule has 1 unspecified atom stereocenters. The smallest absolute Gasteiger partial charge is 0.254 e. The molecule has 1 amide bonds. The number of amides is 1. The van der Waals surface area contributed by atoms with Crippen LogP contribution in [0.3, 0.4) is 0 Å². The number of ether oxygens (including phenoxy) is 1. The molecule has 0 spiro atoms. The quantitative estimate of drug-likeness (QED) is 0.861. The van der Waals surface area contributed by atoms with Crippen molar-refractivity contribution in [2.75, 3.05) is 32.1 Å². The van der Waals surface area contributed by atoms with Crippen molar-refractivity contribution < 1.29 is 9.53 Å². The molecule has 126 valence electrons. The van der Waals surface area contributed by atoms with E-state index in [1.54, 1.807) is 0 Å². The first-order chi connectivity index (χ1) is 11.5. The Morgan fingerprint density at radius 1 is 1.21 bits per heavy atom. The summed E-state index contributed by atoms with van der Waals surface area (Å²) in [5.41, 5.74) is 1.75. The molecule has 1 aromatic carbocycles. The summed E-state index contributed by atoms with van der Waals surface area (Å²) >= 11 is 0. The lowest BCUT2D eigenvalue weighted by Gasteiger charge is -2.18. The van der Waals surface area contributed by atoms with Crippen molar-refractivity contribution >= 4 is 11.7 Å². The molecule has 1 fully saturated rings. The first kappa shape index (κ1) is 16.2. The van der Waals surface area contributed by atoms with Crippen LogP contribution in [0.5, 0.6) is 5.88 Å². The van der Waals surface area contributed by atoms with Gasteiger partial charge in [0.2, 0.25) is 5.88 Å². The van der Waals surface area contributed by atoms with Crippen molar-refractivity contribution in [1.29, 1.82) is 0 Å². The fraction of sp³-hybridized carbons (Fsp3) is 0.389. The highest BCUT2D eigenvalue weighted by Gasteiger charge is 2.29. The van der Waals surface area contributed by atoms with Crippen molar-refractivity contribution in [3.8, 4) is 5.88 Å². The zero-order valence-electron chi connectivity index (χ0n) is 14.3. The van der Waals surface area contributed by atoms with Gasteiger partial charge in [-0.15, -0.1) is 10.2 Å². The van der Waals surface area contributed by atoms with Crippen LogP contribution in [-0.2, 0) is 0 Å². The molecule has 1 aliphatic heterocycles. The zero-order valence-corrected chi connectivity index (χ0v) is 14.3. The predicted octanol–water partition coefficient (Wildman–Crippen LogP) is 2.14. The Bertz CT molecular complexity index is 715. The summed E-state index contributed by atoms with van der Waals surface area (Å²) in [6.45, 7) is 3.23. The Morgan fingerprint density at radius 3 is 2.67 bits per heavy atom. The topological polar surface area (TPSA) is 58.6 Å². The van der Waals surface area contributed by atoms with Gasteiger partial charge in [0.25, 0.3) is 5.91 Å². The van der Waals surface area contributed by atoms with Gasteiger partial charge >= 0.3 is 0 Å². The van der Waals surface area contributed by atoms with Crippen molar-refractivity contribution in [2.24, 2.45) is 0 Å². The van der Waals surface area contributed by atoms with Gasteiger partial charge in [-0.2, -0.15) is 0 Å². The fourth-order valence-electron chi connectivity index (χ4n) is 2.78. The third-order valence-electron chi connectivity index (χ3n) is 4.18.